The molecule has 0 radical (unpaired) electrons. The maximum Gasteiger partial charge on any atom is 0.231 e. The van der Waals surface area contributed by atoms with Gasteiger partial charge >= 0.3 is 0 Å². The smallest absolute Gasteiger partial charge is 0.231 e. The summed E-state index contributed by atoms with van der Waals surface area (Å²) in [5.41, 5.74) is 5.12. The van der Waals surface area contributed by atoms with Crippen LogP contribution in [0.4, 0.5) is 5.69 Å². The Labute approximate surface area is 166 Å². The van der Waals surface area contributed by atoms with Gasteiger partial charge < -0.3 is 14.5 Å². The Hall–Kier alpha value is -3.86. The van der Waals surface area contributed by atoms with Gasteiger partial charge in [-0.15, -0.1) is 0 Å². The van der Waals surface area contributed by atoms with Crippen LogP contribution in [0.1, 0.15) is 35.7 Å². The second-order valence-corrected chi connectivity index (χ2v) is 6.99. The van der Waals surface area contributed by atoms with Crippen LogP contribution in [0.3, 0.4) is 0 Å². The molecule has 8 nitrogen and oxygen atoms in total. The van der Waals surface area contributed by atoms with Crippen molar-refractivity contribution in [2.75, 3.05) is 12.4 Å². The Morgan fingerprint density at radius 2 is 2.28 bits per heavy atom. The molecule has 1 atom stereocenters. The van der Waals surface area contributed by atoms with E-state index < -0.39 is 0 Å². The molecule has 1 aromatic carbocycles. The van der Waals surface area contributed by atoms with Crippen LogP contribution in [0.15, 0.2) is 41.3 Å². The number of pyridine rings is 1. The maximum absolute atomic E-state index is 9.33. The molecule has 0 saturated heterocycles. The quantitative estimate of drug-likeness (QED) is 0.545. The molecule has 0 aliphatic heterocycles. The SMILES string of the molecule is COc1nc2c(cc1C#N)CCC[C@H]2Nc1ccc2[nH]nc(-c3cnco3)c2c1. The number of benzene rings is 1. The summed E-state index contributed by atoms with van der Waals surface area (Å²) in [6.07, 6.45) is 5.94. The molecule has 0 fully saturated rings. The van der Waals surface area contributed by atoms with Crippen LogP contribution in [0.25, 0.3) is 22.4 Å². The molecule has 1 aliphatic carbocycles. The molecule has 1 aliphatic rings. The van der Waals surface area contributed by atoms with Gasteiger partial charge in [0.15, 0.2) is 12.2 Å². The number of nitrogens with one attached hydrogen (secondary N) is 2. The Balaban J connectivity index is 1.51. The van der Waals surface area contributed by atoms with Crippen LogP contribution in [0.5, 0.6) is 5.88 Å². The maximum atomic E-state index is 9.33. The zero-order valence-electron chi connectivity index (χ0n) is 15.8. The zero-order valence-corrected chi connectivity index (χ0v) is 15.8. The zero-order chi connectivity index (χ0) is 19.8. The fraction of sp³-hybridized carbons (Fsp3) is 0.238. The number of aromatic nitrogens is 4. The highest BCUT2D eigenvalue weighted by atomic mass is 16.5. The summed E-state index contributed by atoms with van der Waals surface area (Å²) >= 11 is 0. The molecule has 29 heavy (non-hydrogen) atoms. The molecule has 0 unspecified atom stereocenters. The lowest BCUT2D eigenvalue weighted by Gasteiger charge is -2.27. The minimum atomic E-state index is 0.0403. The van der Waals surface area contributed by atoms with E-state index in [1.54, 1.807) is 13.3 Å². The number of nitrogens with zero attached hydrogens (tertiary/aromatic N) is 4. The number of fused-ring (bicyclic) bond motifs is 2. The van der Waals surface area contributed by atoms with Crippen molar-refractivity contribution >= 4 is 16.6 Å². The molecule has 3 heterocycles. The number of aryl methyl sites for hydroxylation is 1. The predicted molar refractivity (Wildman–Crippen MR) is 106 cm³/mol. The molecule has 0 spiro atoms. The van der Waals surface area contributed by atoms with Crippen LogP contribution >= 0.6 is 0 Å². The number of methoxy groups -OCH3 is 1. The summed E-state index contributed by atoms with van der Waals surface area (Å²) in [6.45, 7) is 0. The van der Waals surface area contributed by atoms with Crippen molar-refractivity contribution in [3.05, 3.63) is 53.7 Å². The Morgan fingerprint density at radius 3 is 3.07 bits per heavy atom. The van der Waals surface area contributed by atoms with E-state index in [0.717, 1.165) is 52.8 Å². The first-order chi connectivity index (χ1) is 14.3. The van der Waals surface area contributed by atoms with Crippen molar-refractivity contribution in [2.24, 2.45) is 0 Å². The van der Waals surface area contributed by atoms with E-state index >= 15 is 0 Å². The molecule has 5 rings (SSSR count). The van der Waals surface area contributed by atoms with Gasteiger partial charge in [-0.05, 0) is 49.1 Å². The Kier molecular flexibility index (Phi) is 4.13. The second-order valence-electron chi connectivity index (χ2n) is 6.99. The van der Waals surface area contributed by atoms with Gasteiger partial charge in [0, 0.05) is 11.1 Å². The number of rotatable bonds is 4. The average Bonchev–Trinajstić information content (AvgIpc) is 3.42. The minimum Gasteiger partial charge on any atom is -0.480 e. The van der Waals surface area contributed by atoms with E-state index in [9.17, 15) is 5.26 Å². The second kappa shape index (κ2) is 6.95. The molecule has 3 aromatic heterocycles. The number of anilines is 1. The summed E-state index contributed by atoms with van der Waals surface area (Å²) in [7, 11) is 1.54. The van der Waals surface area contributed by atoms with E-state index in [4.69, 9.17) is 9.15 Å². The molecular formula is C21H18N6O2. The normalized spacial score (nSPS) is 15.7. The molecule has 4 aromatic rings. The van der Waals surface area contributed by atoms with Gasteiger partial charge in [0.05, 0.1) is 30.6 Å². The average molecular weight is 386 g/mol. The van der Waals surface area contributed by atoms with Crippen molar-refractivity contribution in [1.82, 2.24) is 20.2 Å². The fourth-order valence-corrected chi connectivity index (χ4v) is 3.89. The topological polar surface area (TPSA) is 113 Å². The van der Waals surface area contributed by atoms with E-state index in [2.05, 4.69) is 31.6 Å². The largest absolute Gasteiger partial charge is 0.480 e. The van der Waals surface area contributed by atoms with Gasteiger partial charge in [-0.3, -0.25) is 5.10 Å². The van der Waals surface area contributed by atoms with Crippen molar-refractivity contribution in [3.63, 3.8) is 0 Å². The van der Waals surface area contributed by atoms with Gasteiger partial charge in [0.1, 0.15) is 17.3 Å². The van der Waals surface area contributed by atoms with Crippen molar-refractivity contribution in [2.45, 2.75) is 25.3 Å². The molecule has 2 N–H and O–H groups in total. The lowest BCUT2D eigenvalue weighted by Crippen LogP contribution is -2.19. The monoisotopic (exact) mass is 386 g/mol. The van der Waals surface area contributed by atoms with Crippen molar-refractivity contribution in [3.8, 4) is 23.4 Å². The van der Waals surface area contributed by atoms with E-state index in [-0.39, 0.29) is 6.04 Å². The van der Waals surface area contributed by atoms with Gasteiger partial charge in [-0.2, -0.15) is 10.4 Å². The molecule has 144 valence electrons. The third kappa shape index (κ3) is 2.97. The van der Waals surface area contributed by atoms with E-state index in [0.29, 0.717) is 17.2 Å². The van der Waals surface area contributed by atoms with Crippen LogP contribution in [0, 0.1) is 11.3 Å². The molecule has 8 heteroatoms. The van der Waals surface area contributed by atoms with Crippen molar-refractivity contribution < 1.29 is 9.15 Å². The van der Waals surface area contributed by atoms with Gasteiger partial charge in [0.2, 0.25) is 5.88 Å². The summed E-state index contributed by atoms with van der Waals surface area (Å²) in [6, 6.07) is 10.2. The van der Waals surface area contributed by atoms with Crippen LogP contribution in [0.2, 0.25) is 0 Å². The highest BCUT2D eigenvalue weighted by molar-refractivity contribution is 5.93. The lowest BCUT2D eigenvalue weighted by molar-refractivity contribution is 0.391. The number of hydrogen-bond donors (Lipinski definition) is 2. The molecule has 0 amide bonds. The summed E-state index contributed by atoms with van der Waals surface area (Å²) in [5.74, 6) is 0.990. The number of nitriles is 1. The highest BCUT2D eigenvalue weighted by Crippen LogP contribution is 2.35. The van der Waals surface area contributed by atoms with Gasteiger partial charge in [-0.25, -0.2) is 9.97 Å². The number of aromatic amines is 1. The summed E-state index contributed by atoms with van der Waals surface area (Å²) in [5, 5.41) is 21.3. The standard InChI is InChI=1S/C21H18N6O2/c1-28-21-13(9-22)7-12-3-2-4-17(19(12)25-21)24-14-5-6-16-15(8-14)20(27-26-16)18-10-23-11-29-18/h5-8,10-11,17,24H,2-4H2,1H3,(H,26,27)/t17-/m1/s1. The third-order valence-electron chi connectivity index (χ3n) is 5.25. The van der Waals surface area contributed by atoms with Crippen LogP contribution in [-0.4, -0.2) is 27.3 Å². The third-order valence-corrected chi connectivity index (χ3v) is 5.25. The van der Waals surface area contributed by atoms with Crippen LogP contribution in [-0.2, 0) is 6.42 Å². The van der Waals surface area contributed by atoms with Crippen LogP contribution < -0.4 is 10.1 Å². The van der Waals surface area contributed by atoms with E-state index in [1.807, 2.05) is 24.3 Å². The predicted octanol–water partition coefficient (Wildman–Crippen LogP) is 3.98. The summed E-state index contributed by atoms with van der Waals surface area (Å²) < 4.78 is 10.7. The number of ether oxygens (including phenoxy) is 1. The Bertz CT molecular complexity index is 1220. The van der Waals surface area contributed by atoms with Gasteiger partial charge in [0.25, 0.3) is 0 Å². The number of oxazole rings is 1. The first-order valence-electron chi connectivity index (χ1n) is 9.38. The Morgan fingerprint density at radius 1 is 1.34 bits per heavy atom. The fourth-order valence-electron chi connectivity index (χ4n) is 3.89. The van der Waals surface area contributed by atoms with Gasteiger partial charge in [-0.1, -0.05) is 0 Å². The first-order valence-corrected chi connectivity index (χ1v) is 9.38. The highest BCUT2D eigenvalue weighted by Gasteiger charge is 2.24. The summed E-state index contributed by atoms with van der Waals surface area (Å²) in [4.78, 5) is 8.62. The number of hydrogen-bond acceptors (Lipinski definition) is 7. The van der Waals surface area contributed by atoms with E-state index in [1.165, 1.54) is 6.39 Å². The lowest BCUT2D eigenvalue weighted by atomic mass is 9.90. The molecular weight excluding hydrogens is 368 g/mol. The molecule has 0 bridgehead atoms. The van der Waals surface area contributed by atoms with Crippen molar-refractivity contribution in [1.29, 1.82) is 5.26 Å². The number of H-pyrrole nitrogens is 1. The first kappa shape index (κ1) is 17.3. The molecule has 0 saturated carbocycles. The minimum absolute atomic E-state index is 0.0403.